The second kappa shape index (κ2) is 9.76. The van der Waals surface area contributed by atoms with Crippen LogP contribution in [0.15, 0.2) is 36.0 Å². The van der Waals surface area contributed by atoms with Gasteiger partial charge in [-0.2, -0.15) is 0 Å². The maximum Gasteiger partial charge on any atom is 0.295 e. The van der Waals surface area contributed by atoms with E-state index in [4.69, 9.17) is 4.74 Å². The van der Waals surface area contributed by atoms with Gasteiger partial charge >= 0.3 is 0 Å². The van der Waals surface area contributed by atoms with Crippen LogP contribution in [-0.4, -0.2) is 76.0 Å². The summed E-state index contributed by atoms with van der Waals surface area (Å²) in [5.74, 6) is -1.67. The number of benzene rings is 1. The zero-order valence-electron chi connectivity index (χ0n) is 18.8. The average molecular weight is 455 g/mol. The molecule has 2 aromatic rings. The van der Waals surface area contributed by atoms with E-state index >= 15 is 0 Å². The number of carbonyl (C=O) groups excluding carboxylic acids is 2. The highest BCUT2D eigenvalue weighted by Gasteiger charge is 2.46. The Morgan fingerprint density at radius 1 is 1.15 bits per heavy atom. The molecule has 0 spiro atoms. The fourth-order valence-corrected chi connectivity index (χ4v) is 4.35. The number of aryl methyl sites for hydroxylation is 2. The monoisotopic (exact) mass is 454 g/mol. The van der Waals surface area contributed by atoms with E-state index in [2.05, 4.69) is 14.9 Å². The molecule has 174 valence electrons. The molecule has 2 aliphatic heterocycles. The van der Waals surface area contributed by atoms with Gasteiger partial charge in [-0.25, -0.2) is 14.4 Å². The number of nitrogens with zero attached hydrogens (tertiary/aromatic N) is 4. The molecule has 3 heterocycles. The summed E-state index contributed by atoms with van der Waals surface area (Å²) < 4.78 is 19.0. The molecular weight excluding hydrogens is 427 g/mol. The van der Waals surface area contributed by atoms with Crippen LogP contribution in [0.4, 0.5) is 4.39 Å². The highest BCUT2D eigenvalue weighted by molar-refractivity contribution is 6.46. The summed E-state index contributed by atoms with van der Waals surface area (Å²) in [4.78, 5) is 38.2. The van der Waals surface area contributed by atoms with E-state index in [1.54, 1.807) is 13.8 Å². The number of morpholine rings is 1. The summed E-state index contributed by atoms with van der Waals surface area (Å²) in [7, 11) is 0. The van der Waals surface area contributed by atoms with Crippen LogP contribution in [0.5, 0.6) is 0 Å². The van der Waals surface area contributed by atoms with E-state index in [0.29, 0.717) is 48.8 Å². The van der Waals surface area contributed by atoms with Crippen LogP contribution in [0, 0.1) is 19.7 Å². The average Bonchev–Trinajstić information content (AvgIpc) is 3.05. The molecule has 8 nitrogen and oxygen atoms in total. The largest absolute Gasteiger partial charge is 0.507 e. The van der Waals surface area contributed by atoms with Crippen LogP contribution >= 0.6 is 0 Å². The number of rotatable bonds is 6. The van der Waals surface area contributed by atoms with Crippen molar-refractivity contribution >= 4 is 17.4 Å². The van der Waals surface area contributed by atoms with Crippen LogP contribution in [0.25, 0.3) is 5.76 Å². The summed E-state index contributed by atoms with van der Waals surface area (Å²) in [6, 6.07) is 4.81. The third-order valence-corrected chi connectivity index (χ3v) is 6.06. The molecule has 0 bridgehead atoms. The van der Waals surface area contributed by atoms with E-state index in [1.807, 2.05) is 0 Å². The highest BCUT2D eigenvalue weighted by Crippen LogP contribution is 2.39. The Morgan fingerprint density at radius 3 is 2.52 bits per heavy atom. The van der Waals surface area contributed by atoms with Crippen molar-refractivity contribution in [2.75, 3.05) is 39.4 Å². The molecule has 4 rings (SSSR count). The number of aliphatic hydroxyl groups is 1. The van der Waals surface area contributed by atoms with Crippen LogP contribution in [0.3, 0.4) is 0 Å². The first-order valence-corrected chi connectivity index (χ1v) is 11.0. The molecule has 33 heavy (non-hydrogen) atoms. The summed E-state index contributed by atoms with van der Waals surface area (Å²) in [6.07, 6.45) is 2.10. The Labute approximate surface area is 191 Å². The molecule has 0 aliphatic carbocycles. The van der Waals surface area contributed by atoms with E-state index in [9.17, 15) is 19.1 Å². The van der Waals surface area contributed by atoms with Gasteiger partial charge in [0.05, 0.1) is 36.1 Å². The molecule has 1 aromatic carbocycles. The minimum absolute atomic E-state index is 0.0338. The van der Waals surface area contributed by atoms with Crippen molar-refractivity contribution in [3.63, 3.8) is 0 Å². The number of carbonyl (C=O) groups is 2. The lowest BCUT2D eigenvalue weighted by atomic mass is 9.95. The molecule has 2 saturated heterocycles. The lowest BCUT2D eigenvalue weighted by molar-refractivity contribution is -0.140. The molecule has 0 radical (unpaired) electrons. The third-order valence-electron chi connectivity index (χ3n) is 6.06. The van der Waals surface area contributed by atoms with Gasteiger partial charge in [-0.15, -0.1) is 0 Å². The standard InChI is InChI=1S/C24H27FN4O4/c1-15-19(14-26-16(2)27-15)22(30)20-21(17-4-6-18(25)7-5-17)29(24(32)23(20)31)9-3-8-28-10-12-33-13-11-28/h4-7,14,21,30H,3,8-13H2,1-2H3/b22-20+/t21-/m0/s1. The molecular formula is C24H27FN4O4. The fourth-order valence-electron chi connectivity index (χ4n) is 4.35. The smallest absolute Gasteiger partial charge is 0.295 e. The van der Waals surface area contributed by atoms with Gasteiger partial charge < -0.3 is 14.7 Å². The Hall–Kier alpha value is -3.17. The minimum atomic E-state index is -0.823. The molecule has 9 heteroatoms. The van der Waals surface area contributed by atoms with Crippen molar-refractivity contribution in [3.05, 3.63) is 64.5 Å². The van der Waals surface area contributed by atoms with Gasteiger partial charge in [0, 0.05) is 32.4 Å². The van der Waals surface area contributed by atoms with Gasteiger partial charge in [-0.1, -0.05) is 12.1 Å². The lowest BCUT2D eigenvalue weighted by Gasteiger charge is -2.29. The topological polar surface area (TPSA) is 95.9 Å². The normalized spacial score (nSPS) is 21.1. The van der Waals surface area contributed by atoms with Crippen LogP contribution in [-0.2, 0) is 14.3 Å². The molecule has 1 N–H and O–H groups in total. The summed E-state index contributed by atoms with van der Waals surface area (Å²) in [5.41, 5.74) is 1.30. The van der Waals surface area contributed by atoms with Crippen LogP contribution in [0.2, 0.25) is 0 Å². The minimum Gasteiger partial charge on any atom is -0.507 e. The van der Waals surface area contributed by atoms with Crippen molar-refractivity contribution in [1.29, 1.82) is 0 Å². The van der Waals surface area contributed by atoms with E-state index in [-0.39, 0.29) is 11.3 Å². The van der Waals surface area contributed by atoms with Gasteiger partial charge in [0.1, 0.15) is 17.4 Å². The number of hydrogen-bond donors (Lipinski definition) is 1. The van der Waals surface area contributed by atoms with Crippen molar-refractivity contribution in [1.82, 2.24) is 19.8 Å². The number of likely N-dealkylation sites (tertiary alicyclic amines) is 1. The Bertz CT molecular complexity index is 1080. The zero-order valence-corrected chi connectivity index (χ0v) is 18.8. The molecule has 0 saturated carbocycles. The van der Waals surface area contributed by atoms with Crippen LogP contribution < -0.4 is 0 Å². The van der Waals surface area contributed by atoms with Crippen molar-refractivity contribution in [2.24, 2.45) is 0 Å². The van der Waals surface area contributed by atoms with Gasteiger partial charge in [0.15, 0.2) is 0 Å². The van der Waals surface area contributed by atoms with Gasteiger partial charge in [-0.05, 0) is 38.0 Å². The second-order valence-electron chi connectivity index (χ2n) is 8.27. The SMILES string of the molecule is Cc1ncc(/C(O)=C2\C(=O)C(=O)N(CCCN3CCOCC3)[C@H]2c2ccc(F)cc2)c(C)n1. The molecule has 1 atom stereocenters. The fraction of sp³-hybridized carbons (Fsp3) is 0.417. The number of ether oxygens (including phenoxy) is 1. The number of hydrogen-bond acceptors (Lipinski definition) is 7. The van der Waals surface area contributed by atoms with E-state index in [1.165, 1.54) is 35.4 Å². The quantitative estimate of drug-likeness (QED) is 0.407. The number of aliphatic hydroxyl groups excluding tert-OH is 1. The van der Waals surface area contributed by atoms with E-state index < -0.39 is 23.5 Å². The molecule has 2 aliphatic rings. The van der Waals surface area contributed by atoms with Crippen molar-refractivity contribution < 1.29 is 23.8 Å². The van der Waals surface area contributed by atoms with Crippen molar-refractivity contribution in [3.8, 4) is 0 Å². The summed E-state index contributed by atoms with van der Waals surface area (Å²) in [5, 5.41) is 11.1. The third kappa shape index (κ3) is 4.79. The first kappa shape index (κ1) is 23.0. The molecule has 1 aromatic heterocycles. The molecule has 2 fully saturated rings. The first-order chi connectivity index (χ1) is 15.9. The number of halogens is 1. The molecule has 0 unspecified atom stereocenters. The van der Waals surface area contributed by atoms with Gasteiger partial charge in [0.25, 0.3) is 11.7 Å². The number of aromatic nitrogens is 2. The van der Waals surface area contributed by atoms with Crippen LogP contribution in [0.1, 0.15) is 35.1 Å². The Morgan fingerprint density at radius 2 is 1.85 bits per heavy atom. The van der Waals surface area contributed by atoms with E-state index in [0.717, 1.165) is 19.6 Å². The predicted molar refractivity (Wildman–Crippen MR) is 119 cm³/mol. The number of amides is 1. The first-order valence-electron chi connectivity index (χ1n) is 11.0. The summed E-state index contributed by atoms with van der Waals surface area (Å²) in [6.45, 7) is 7.52. The maximum absolute atomic E-state index is 13.6. The zero-order chi connectivity index (χ0) is 23.5. The maximum atomic E-state index is 13.6. The Kier molecular flexibility index (Phi) is 6.80. The van der Waals surface area contributed by atoms with Gasteiger partial charge in [0.2, 0.25) is 0 Å². The molecule has 1 amide bonds. The summed E-state index contributed by atoms with van der Waals surface area (Å²) >= 11 is 0. The number of Topliss-reactive ketones (excluding diaryl/α,β-unsaturated/α-hetero) is 1. The second-order valence-corrected chi connectivity index (χ2v) is 8.27. The Balaban J connectivity index is 1.69. The number of ketones is 1. The highest BCUT2D eigenvalue weighted by atomic mass is 19.1. The lowest BCUT2D eigenvalue weighted by Crippen LogP contribution is -2.38. The van der Waals surface area contributed by atoms with Crippen molar-refractivity contribution in [2.45, 2.75) is 26.3 Å². The predicted octanol–water partition coefficient (Wildman–Crippen LogP) is 2.38. The van der Waals surface area contributed by atoms with Gasteiger partial charge in [-0.3, -0.25) is 14.5 Å².